The van der Waals surface area contributed by atoms with Crippen molar-refractivity contribution in [2.75, 3.05) is 0 Å². The molecule has 0 saturated heterocycles. The van der Waals surface area contributed by atoms with Crippen molar-refractivity contribution >= 4 is 0 Å². The second-order valence-corrected chi connectivity index (χ2v) is 1.56. The van der Waals surface area contributed by atoms with Gasteiger partial charge in [-0.25, -0.2) is 0 Å². The monoisotopic (exact) mass is 84.1 g/mol. The molecule has 0 aliphatic rings. The zero-order valence-electron chi connectivity index (χ0n) is 4.62. The van der Waals surface area contributed by atoms with Crippen LogP contribution < -0.4 is 0 Å². The molecule has 0 aromatic carbocycles. The van der Waals surface area contributed by atoms with Crippen molar-refractivity contribution in [2.24, 2.45) is 0 Å². The maximum atomic E-state index is 3.72. The van der Waals surface area contributed by atoms with Gasteiger partial charge in [0.05, 0.1) is 19.3 Å². The summed E-state index contributed by atoms with van der Waals surface area (Å²) in [4.78, 5) is 0. The van der Waals surface area contributed by atoms with Gasteiger partial charge in [-0.1, -0.05) is 0 Å². The Hall–Kier alpha value is -0.130. The van der Waals surface area contributed by atoms with Crippen LogP contribution in [0.25, 0.3) is 0 Å². The van der Waals surface area contributed by atoms with Crippen LogP contribution in [0, 0.1) is 12.8 Å². The van der Waals surface area contributed by atoms with Crippen LogP contribution in [0.4, 0.5) is 0 Å². The summed E-state index contributed by atoms with van der Waals surface area (Å²) in [6, 6.07) is 0. The average molecular weight is 84.2 g/mol. The highest BCUT2D eigenvalue weighted by molar-refractivity contribution is 4.81. The van der Waals surface area contributed by atoms with Crippen molar-refractivity contribution < 1.29 is 0 Å². The summed E-state index contributed by atoms with van der Waals surface area (Å²) in [7, 11) is 0. The molecule has 0 fully saturated rings. The van der Waals surface area contributed by atoms with E-state index in [4.69, 9.17) is 0 Å². The van der Waals surface area contributed by atoms with Crippen molar-refractivity contribution in [2.45, 2.75) is 26.7 Å². The van der Waals surface area contributed by atoms with E-state index in [0.29, 0.717) is 0 Å². The summed E-state index contributed by atoms with van der Waals surface area (Å²) in [5, 5.41) is 0. The van der Waals surface area contributed by atoms with Gasteiger partial charge in [0.1, 0.15) is 0 Å². The normalized spacial score (nSPS) is 8.50. The molecule has 0 spiro atoms. The molecule has 0 aromatic rings. The van der Waals surface area contributed by atoms with Gasteiger partial charge in [-0.15, -0.1) is 0 Å². The molecule has 0 bridgehead atoms. The smallest absolute Gasteiger partial charge is 0.0840 e. The van der Waals surface area contributed by atoms with E-state index in [1.807, 2.05) is 0 Å². The minimum Gasteiger partial charge on any atom is -0.299 e. The Morgan fingerprint density at radius 1 is 1.67 bits per heavy atom. The zero-order chi connectivity index (χ0) is 4.99. The van der Waals surface area contributed by atoms with Gasteiger partial charge >= 0.3 is 0 Å². The second kappa shape index (κ2) is 3.08. The molecule has 0 atom stereocenters. The Bertz CT molecular complexity index is 19.2. The van der Waals surface area contributed by atoms with E-state index in [1.165, 1.54) is 12.3 Å². The Kier molecular flexibility index (Phi) is 3.01. The molecule has 0 radical (unpaired) electrons. The highest BCUT2D eigenvalue weighted by Crippen LogP contribution is 2.05. The third kappa shape index (κ3) is 2.13. The zero-order valence-corrected chi connectivity index (χ0v) is 4.62. The van der Waals surface area contributed by atoms with Gasteiger partial charge in [0.2, 0.25) is 0 Å². The maximum absolute atomic E-state index is 3.72. The Morgan fingerprint density at radius 3 is 2.17 bits per heavy atom. The predicted molar refractivity (Wildman–Crippen MR) is 29.2 cm³/mol. The lowest BCUT2D eigenvalue weighted by molar-refractivity contribution is 0.858. The largest absolute Gasteiger partial charge is 0.299 e. The van der Waals surface area contributed by atoms with Crippen LogP contribution in [0.2, 0.25) is 0 Å². The van der Waals surface area contributed by atoms with Crippen molar-refractivity contribution in [3.05, 3.63) is 12.8 Å². The van der Waals surface area contributed by atoms with Gasteiger partial charge in [0.15, 0.2) is 0 Å². The molecule has 0 aliphatic carbocycles. The molecule has 0 rings (SSSR count). The van der Waals surface area contributed by atoms with Crippen molar-refractivity contribution in [3.8, 4) is 0 Å². The highest BCUT2D eigenvalue weighted by Gasteiger charge is 1.96. The summed E-state index contributed by atoms with van der Waals surface area (Å²) in [6.45, 7) is 8.00. The first-order valence-corrected chi connectivity index (χ1v) is 2.41. The highest BCUT2D eigenvalue weighted by atomic mass is 13.9. The fourth-order valence-corrected chi connectivity index (χ4v) is 0.177. The molecule has 36 valence electrons. The van der Waals surface area contributed by atoms with Crippen LogP contribution >= 0.6 is 0 Å². The van der Waals surface area contributed by atoms with Gasteiger partial charge in [-0.2, -0.15) is 0 Å². The topological polar surface area (TPSA) is 0 Å². The van der Waals surface area contributed by atoms with E-state index in [1.54, 1.807) is 0 Å². The van der Waals surface area contributed by atoms with Crippen molar-refractivity contribution in [1.29, 1.82) is 0 Å². The molecular weight excluding hydrogens is 72.1 g/mol. The fourth-order valence-electron chi connectivity index (χ4n) is 0.177. The average Bonchev–Trinajstić information content (AvgIpc) is 1.65. The first kappa shape index (κ1) is 5.87. The van der Waals surface area contributed by atoms with Crippen LogP contribution in [0.15, 0.2) is 0 Å². The molecular formula is C6H12. The van der Waals surface area contributed by atoms with E-state index in [0.717, 1.165) is 6.42 Å². The second-order valence-electron chi connectivity index (χ2n) is 1.56. The number of rotatable bonds is 2. The molecule has 6 heavy (non-hydrogen) atoms. The molecule has 0 aliphatic heterocycles. The van der Waals surface area contributed by atoms with Gasteiger partial charge < -0.3 is 0 Å². The molecule has 0 heteroatoms. The van der Waals surface area contributed by atoms with Crippen LogP contribution in [0.3, 0.4) is 0 Å². The lowest BCUT2D eigenvalue weighted by Gasteiger charge is -1.91. The standard InChI is InChI=1S/C6H12/c1-4-6(3)5-2/h1,4-5H2,2-3H3. The van der Waals surface area contributed by atoms with Crippen LogP contribution in [-0.4, -0.2) is 0 Å². The molecule has 0 saturated carbocycles. The summed E-state index contributed by atoms with van der Waals surface area (Å²) >= 11 is 0. The summed E-state index contributed by atoms with van der Waals surface area (Å²) in [6.07, 6.45) is 2.18. The third-order valence-electron chi connectivity index (χ3n) is 1.03. The quantitative estimate of drug-likeness (QED) is 0.450. The summed E-state index contributed by atoms with van der Waals surface area (Å²) < 4.78 is 0. The predicted octanol–water partition coefficient (Wildman–Crippen LogP) is 2.21. The molecule has 0 nitrogen and oxygen atoms in total. The van der Waals surface area contributed by atoms with E-state index in [-0.39, 0.29) is 0 Å². The number of hydrogen-bond donors (Lipinski definition) is 0. The molecule has 0 unspecified atom stereocenters. The molecule has 0 amide bonds. The van der Waals surface area contributed by atoms with Gasteiger partial charge in [0, 0.05) is 0 Å². The maximum Gasteiger partial charge on any atom is 0.0840 e. The Labute approximate surface area is 40.6 Å². The third-order valence-corrected chi connectivity index (χ3v) is 1.03. The Morgan fingerprint density at radius 2 is 2.17 bits per heavy atom. The first-order valence-electron chi connectivity index (χ1n) is 2.41. The van der Waals surface area contributed by atoms with E-state index < -0.39 is 0 Å². The van der Waals surface area contributed by atoms with E-state index in [9.17, 15) is 0 Å². The minimum atomic E-state index is 0.997. The molecule has 0 N–H and O–H groups in total. The summed E-state index contributed by atoms with van der Waals surface area (Å²) in [5.41, 5.74) is 0. The van der Waals surface area contributed by atoms with Gasteiger partial charge in [0.25, 0.3) is 0 Å². The fraction of sp³-hybridized carbons (Fsp3) is 0.667. The van der Waals surface area contributed by atoms with Crippen LogP contribution in [-0.2, 0) is 0 Å². The van der Waals surface area contributed by atoms with Gasteiger partial charge in [-0.05, 0) is 13.3 Å². The van der Waals surface area contributed by atoms with E-state index in [2.05, 4.69) is 20.8 Å². The van der Waals surface area contributed by atoms with Gasteiger partial charge in [-0.3, -0.25) is 6.92 Å². The molecule has 0 heterocycles. The lowest BCUT2D eigenvalue weighted by Crippen LogP contribution is -1.82. The first-order chi connectivity index (χ1) is 2.81. The minimum absolute atomic E-state index is 0.997. The molecule has 0 aromatic heterocycles. The lowest BCUT2D eigenvalue weighted by atomic mass is 10.1. The van der Waals surface area contributed by atoms with Crippen LogP contribution in [0.5, 0.6) is 0 Å². The summed E-state index contributed by atoms with van der Waals surface area (Å²) in [5.74, 6) is 1.48. The Balaban J connectivity index is 2.75. The SMILES string of the molecule is [CH2-]C[C+](C)CC. The van der Waals surface area contributed by atoms with E-state index >= 15 is 0 Å². The van der Waals surface area contributed by atoms with Crippen molar-refractivity contribution in [3.63, 3.8) is 0 Å². The van der Waals surface area contributed by atoms with Crippen LogP contribution in [0.1, 0.15) is 26.7 Å². The number of hydrogen-bond acceptors (Lipinski definition) is 0. The van der Waals surface area contributed by atoms with Crippen molar-refractivity contribution in [1.82, 2.24) is 0 Å².